The number of primary amides is 1. The van der Waals surface area contributed by atoms with E-state index in [0.29, 0.717) is 12.5 Å². The number of halogens is 3. The predicted octanol–water partition coefficient (Wildman–Crippen LogP) is 6.16. The van der Waals surface area contributed by atoms with Crippen LogP contribution in [-0.2, 0) is 16.9 Å². The number of hydrogen-bond acceptors (Lipinski definition) is 7. The largest absolute Gasteiger partial charge is 0.489 e. The number of rotatable bonds is 11. The number of carbonyl (C=O) groups excluding carboxylic acids is 2. The third kappa shape index (κ3) is 6.93. The Morgan fingerprint density at radius 3 is 2.44 bits per heavy atom. The molecule has 3 aromatic rings. The molecule has 220 valence electrons. The number of alkyl halides is 2. The number of hydrogen-bond donors (Lipinski definition) is 2. The lowest BCUT2D eigenvalue weighted by Crippen LogP contribution is -2.44. The second kappa shape index (κ2) is 11.7. The van der Waals surface area contributed by atoms with Gasteiger partial charge in [-0.15, -0.1) is 0 Å². The number of oxazole rings is 1. The van der Waals surface area contributed by atoms with Gasteiger partial charge in [-0.1, -0.05) is 39.0 Å². The first kappa shape index (κ1) is 29.8. The third-order valence-corrected chi connectivity index (χ3v) is 6.99. The summed E-state index contributed by atoms with van der Waals surface area (Å²) in [5.74, 6) is -1.23. The standard InChI is InChI=1S/C29H32F3N3O6/c1-28(2,3)29(4,41-27(33)37)23-22(24(36)34-14-18-7-5-6-8-19(18)30)35-25(40-23)17-11-12-20(39-26(31)32)21(13-17)38-15-16-9-10-16/h5-8,11-13,16,26H,9-10,14-15H2,1-4H3,(H2,33,37)(H,34,36). The van der Waals surface area contributed by atoms with Crippen molar-refractivity contribution in [3.8, 4) is 23.0 Å². The molecule has 0 spiro atoms. The van der Waals surface area contributed by atoms with Crippen LogP contribution in [0.2, 0.25) is 0 Å². The van der Waals surface area contributed by atoms with Crippen LogP contribution in [0.5, 0.6) is 11.5 Å². The summed E-state index contributed by atoms with van der Waals surface area (Å²) in [4.78, 5) is 29.8. The van der Waals surface area contributed by atoms with E-state index in [-0.39, 0.29) is 46.5 Å². The van der Waals surface area contributed by atoms with Crippen molar-refractivity contribution in [2.75, 3.05) is 6.61 Å². The molecule has 0 bridgehead atoms. The molecule has 9 nitrogen and oxygen atoms in total. The SMILES string of the molecule is CC(C)(C)C(C)(OC(N)=O)c1oc(-c2ccc(OC(F)F)c(OCC3CC3)c2)nc1C(=O)NCc1ccccc1F. The number of nitrogens with two attached hydrogens (primary N) is 1. The van der Waals surface area contributed by atoms with E-state index in [1.54, 1.807) is 26.8 Å². The van der Waals surface area contributed by atoms with Crippen molar-refractivity contribution < 1.29 is 41.4 Å². The van der Waals surface area contributed by atoms with Gasteiger partial charge in [0, 0.05) is 23.1 Å². The maximum atomic E-state index is 14.2. The van der Waals surface area contributed by atoms with E-state index in [1.165, 1.54) is 43.3 Å². The van der Waals surface area contributed by atoms with Crippen LogP contribution >= 0.6 is 0 Å². The Hall–Kier alpha value is -4.22. The van der Waals surface area contributed by atoms with Gasteiger partial charge in [0.1, 0.15) is 5.82 Å². The minimum atomic E-state index is -3.07. The van der Waals surface area contributed by atoms with Gasteiger partial charge in [-0.3, -0.25) is 4.79 Å². The Balaban J connectivity index is 1.77. The van der Waals surface area contributed by atoms with Crippen LogP contribution in [0.3, 0.4) is 0 Å². The monoisotopic (exact) mass is 575 g/mol. The molecule has 1 unspecified atom stereocenters. The molecule has 1 atom stereocenters. The predicted molar refractivity (Wildman–Crippen MR) is 142 cm³/mol. The van der Waals surface area contributed by atoms with Crippen molar-refractivity contribution in [1.82, 2.24) is 10.3 Å². The molecule has 0 aliphatic heterocycles. The van der Waals surface area contributed by atoms with Gasteiger partial charge < -0.3 is 29.7 Å². The first-order chi connectivity index (χ1) is 19.3. The van der Waals surface area contributed by atoms with Crippen molar-refractivity contribution in [1.29, 1.82) is 0 Å². The van der Waals surface area contributed by atoms with Crippen LogP contribution < -0.4 is 20.5 Å². The van der Waals surface area contributed by atoms with Gasteiger partial charge >= 0.3 is 12.7 Å². The number of nitrogens with zero attached hydrogens (tertiary/aromatic N) is 1. The highest BCUT2D eigenvalue weighted by molar-refractivity contribution is 5.94. The Kier molecular flexibility index (Phi) is 8.50. The first-order valence-corrected chi connectivity index (χ1v) is 13.0. The molecule has 1 heterocycles. The minimum absolute atomic E-state index is 0.0481. The van der Waals surface area contributed by atoms with Crippen LogP contribution in [-0.4, -0.2) is 30.2 Å². The molecule has 2 aromatic carbocycles. The summed E-state index contributed by atoms with van der Waals surface area (Å²) in [7, 11) is 0. The fraction of sp³-hybridized carbons (Fsp3) is 0.414. The summed E-state index contributed by atoms with van der Waals surface area (Å²) in [5, 5.41) is 2.62. The highest BCUT2D eigenvalue weighted by Crippen LogP contribution is 2.45. The normalized spacial score (nSPS) is 14.8. The van der Waals surface area contributed by atoms with Gasteiger partial charge in [0.05, 0.1) is 6.61 Å². The van der Waals surface area contributed by atoms with Crippen molar-refractivity contribution in [2.24, 2.45) is 17.1 Å². The number of benzene rings is 2. The minimum Gasteiger partial charge on any atom is -0.489 e. The van der Waals surface area contributed by atoms with Gasteiger partial charge in [-0.2, -0.15) is 8.78 Å². The molecule has 1 aliphatic rings. The maximum Gasteiger partial charge on any atom is 0.405 e. The Morgan fingerprint density at radius 2 is 1.83 bits per heavy atom. The van der Waals surface area contributed by atoms with E-state index < -0.39 is 35.4 Å². The van der Waals surface area contributed by atoms with E-state index in [1.807, 2.05) is 0 Å². The Bertz CT molecular complexity index is 1420. The average Bonchev–Trinajstić information content (AvgIpc) is 3.61. The molecule has 2 amide bonds. The second-order valence-corrected chi connectivity index (χ2v) is 11.0. The van der Waals surface area contributed by atoms with E-state index >= 15 is 0 Å². The first-order valence-electron chi connectivity index (χ1n) is 13.0. The second-order valence-electron chi connectivity index (χ2n) is 11.0. The lowest BCUT2D eigenvalue weighted by molar-refractivity contribution is -0.0707. The molecule has 1 saturated carbocycles. The van der Waals surface area contributed by atoms with Crippen LogP contribution in [0.15, 0.2) is 46.9 Å². The Morgan fingerprint density at radius 1 is 1.12 bits per heavy atom. The lowest BCUT2D eigenvalue weighted by Gasteiger charge is -2.38. The molecule has 0 saturated heterocycles. The number of carbonyl (C=O) groups is 2. The topological polar surface area (TPSA) is 126 Å². The summed E-state index contributed by atoms with van der Waals surface area (Å²) in [6.45, 7) is 3.87. The van der Waals surface area contributed by atoms with Crippen molar-refractivity contribution in [3.05, 3.63) is 65.3 Å². The van der Waals surface area contributed by atoms with Crippen LogP contribution in [0.25, 0.3) is 11.5 Å². The van der Waals surface area contributed by atoms with Crippen molar-refractivity contribution in [2.45, 2.75) is 59.3 Å². The fourth-order valence-corrected chi connectivity index (χ4v) is 4.00. The van der Waals surface area contributed by atoms with E-state index in [4.69, 9.17) is 19.6 Å². The Labute approximate surface area is 235 Å². The quantitative estimate of drug-likeness (QED) is 0.281. The molecule has 12 heteroatoms. The van der Waals surface area contributed by atoms with E-state index in [9.17, 15) is 22.8 Å². The fourth-order valence-electron chi connectivity index (χ4n) is 4.00. The van der Waals surface area contributed by atoms with Gasteiger partial charge in [0.25, 0.3) is 5.91 Å². The summed E-state index contributed by atoms with van der Waals surface area (Å²) in [6, 6.07) is 10.1. The van der Waals surface area contributed by atoms with Crippen LogP contribution in [0, 0.1) is 17.2 Å². The summed E-state index contributed by atoms with van der Waals surface area (Å²) in [5.41, 5.74) is 3.24. The zero-order valence-corrected chi connectivity index (χ0v) is 23.1. The summed E-state index contributed by atoms with van der Waals surface area (Å²) >= 11 is 0. The van der Waals surface area contributed by atoms with Gasteiger partial charge in [-0.25, -0.2) is 14.2 Å². The molecule has 41 heavy (non-hydrogen) atoms. The summed E-state index contributed by atoms with van der Waals surface area (Å²) < 4.78 is 62.2. The van der Waals surface area contributed by atoms with E-state index in [0.717, 1.165) is 12.8 Å². The van der Waals surface area contributed by atoms with Gasteiger partial charge in [0.2, 0.25) is 5.89 Å². The molecule has 3 N–H and O–H groups in total. The number of nitrogens with one attached hydrogen (secondary N) is 1. The number of amides is 2. The molecule has 1 fully saturated rings. The molecule has 1 aromatic heterocycles. The summed E-state index contributed by atoms with van der Waals surface area (Å²) in [6.07, 6.45) is 0.844. The molecule has 0 radical (unpaired) electrons. The number of ether oxygens (including phenoxy) is 3. The average molecular weight is 576 g/mol. The zero-order valence-electron chi connectivity index (χ0n) is 23.1. The molecular formula is C29H32F3N3O6. The van der Waals surface area contributed by atoms with Gasteiger partial charge in [-0.05, 0) is 49.9 Å². The van der Waals surface area contributed by atoms with Gasteiger partial charge in [0.15, 0.2) is 28.6 Å². The lowest BCUT2D eigenvalue weighted by atomic mass is 9.75. The van der Waals surface area contributed by atoms with Crippen LogP contribution in [0.1, 0.15) is 62.3 Å². The molecular weight excluding hydrogens is 543 g/mol. The molecule has 1 aliphatic carbocycles. The van der Waals surface area contributed by atoms with Crippen molar-refractivity contribution >= 4 is 12.0 Å². The molecule has 4 rings (SSSR count). The third-order valence-electron chi connectivity index (χ3n) is 6.99. The van der Waals surface area contributed by atoms with E-state index in [2.05, 4.69) is 15.0 Å². The smallest absolute Gasteiger partial charge is 0.405 e. The number of aromatic nitrogens is 1. The van der Waals surface area contributed by atoms with Crippen molar-refractivity contribution in [3.63, 3.8) is 0 Å². The zero-order chi connectivity index (χ0) is 29.9. The van der Waals surface area contributed by atoms with Crippen LogP contribution in [0.4, 0.5) is 18.0 Å². The highest BCUT2D eigenvalue weighted by Gasteiger charge is 2.49. The maximum absolute atomic E-state index is 14.2. The highest BCUT2D eigenvalue weighted by atomic mass is 19.3.